The fourth-order valence-electron chi connectivity index (χ4n) is 6.11. The molecule has 0 amide bonds. The molecule has 0 atom stereocenters. The van der Waals surface area contributed by atoms with E-state index in [1.54, 1.807) is 0 Å². The summed E-state index contributed by atoms with van der Waals surface area (Å²) >= 11 is 0. The Morgan fingerprint density at radius 2 is 1.70 bits per heavy atom. The quantitative estimate of drug-likeness (QED) is 0.207. The van der Waals surface area contributed by atoms with Gasteiger partial charge in [0.2, 0.25) is 0 Å². The Bertz CT molecular complexity index is 1250. The molecule has 2 aromatic rings. The Morgan fingerprint density at radius 1 is 1.07 bits per heavy atom. The van der Waals surface area contributed by atoms with E-state index in [1.165, 1.54) is 5.56 Å². The van der Waals surface area contributed by atoms with E-state index in [9.17, 15) is 4.79 Å². The molecule has 6 heteroatoms. The van der Waals surface area contributed by atoms with Crippen molar-refractivity contribution in [2.75, 3.05) is 31.8 Å². The van der Waals surface area contributed by atoms with Gasteiger partial charge < -0.3 is 14.8 Å². The van der Waals surface area contributed by atoms with Gasteiger partial charge in [-0.2, -0.15) is 0 Å². The van der Waals surface area contributed by atoms with Crippen LogP contribution in [0.5, 0.6) is 5.75 Å². The lowest BCUT2D eigenvalue weighted by Crippen LogP contribution is -2.62. The molecule has 5 nitrogen and oxygen atoms in total. The predicted molar refractivity (Wildman–Crippen MR) is 166 cm³/mol. The number of ether oxygens (including phenoxy) is 2. The van der Waals surface area contributed by atoms with E-state index in [0.29, 0.717) is 57.3 Å². The number of carbonyl (C=O) groups excluding carboxylic acids is 1. The van der Waals surface area contributed by atoms with Gasteiger partial charge in [0.25, 0.3) is 0 Å². The standard InChI is InChI=1S/C34H49NO4S/c1-7-25-40(6,37,34(20-23-38-24-21-34)26(2)35-29-14-15-29)31-18-16-30(17-19-31)39-22-8-9-32(36)27-10-12-28(13-11-27)33(3,4)5/h10-13,16-19,29,35H,2,7-9,14-15,20-25H2,1,3-6H3. The lowest BCUT2D eigenvalue weighted by molar-refractivity contribution is 0.0808. The summed E-state index contributed by atoms with van der Waals surface area (Å²) < 4.78 is 26.7. The molecule has 2 aliphatic rings. The maximum atomic E-state index is 15.5. The topological polar surface area (TPSA) is 64.6 Å². The zero-order valence-corrected chi connectivity index (χ0v) is 26.0. The van der Waals surface area contributed by atoms with E-state index in [0.717, 1.165) is 41.2 Å². The van der Waals surface area contributed by atoms with Crippen molar-refractivity contribution < 1.29 is 18.5 Å². The molecule has 2 aromatic carbocycles. The second kappa shape index (κ2) is 11.8. The normalized spacial score (nSPS) is 18.4. The predicted octanol–water partition coefficient (Wildman–Crippen LogP) is 7.06. The average molecular weight is 568 g/mol. The van der Waals surface area contributed by atoms with Crippen molar-refractivity contribution in [3.63, 3.8) is 0 Å². The second-order valence-corrected chi connectivity index (χ2v) is 17.7. The van der Waals surface area contributed by atoms with E-state index in [1.807, 2.05) is 54.8 Å². The number of rotatable bonds is 13. The fraction of sp³-hybridized carbons (Fsp3) is 0.559. The minimum Gasteiger partial charge on any atom is -0.494 e. The maximum absolute atomic E-state index is 15.5. The van der Waals surface area contributed by atoms with Gasteiger partial charge in [0.1, 0.15) is 5.75 Å². The molecule has 40 heavy (non-hydrogen) atoms. The van der Waals surface area contributed by atoms with E-state index in [-0.39, 0.29) is 11.2 Å². The van der Waals surface area contributed by atoms with Gasteiger partial charge in [0, 0.05) is 47.6 Å². The molecule has 1 saturated heterocycles. The van der Waals surface area contributed by atoms with Crippen molar-refractivity contribution in [1.29, 1.82) is 0 Å². The zero-order chi connectivity index (χ0) is 29.0. The molecule has 0 aromatic heterocycles. The highest BCUT2D eigenvalue weighted by molar-refractivity contribution is 8.20. The highest BCUT2D eigenvalue weighted by Gasteiger charge is 2.56. The molecule has 4 rings (SSSR count). The Kier molecular flexibility index (Phi) is 9.01. The highest BCUT2D eigenvalue weighted by Crippen LogP contribution is 2.54. The van der Waals surface area contributed by atoms with Crippen molar-refractivity contribution in [3.8, 4) is 5.75 Å². The van der Waals surface area contributed by atoms with Crippen LogP contribution in [0.1, 0.15) is 88.6 Å². The van der Waals surface area contributed by atoms with Crippen LogP contribution in [0.15, 0.2) is 65.7 Å². The Morgan fingerprint density at radius 3 is 2.25 bits per heavy atom. The lowest BCUT2D eigenvalue weighted by atomic mass is 9.86. The molecular formula is C34H49NO4S. The molecule has 1 N–H and O–H groups in total. The van der Waals surface area contributed by atoms with Crippen molar-refractivity contribution in [3.05, 3.63) is 71.9 Å². The van der Waals surface area contributed by atoms with Crippen LogP contribution in [-0.4, -0.2) is 52.6 Å². The number of ketones is 1. The molecule has 2 fully saturated rings. The van der Waals surface area contributed by atoms with E-state index in [2.05, 4.69) is 39.6 Å². The molecule has 1 heterocycles. The fourth-order valence-corrected chi connectivity index (χ4v) is 11.0. The number of Topliss-reactive ketones (excluding diaryl/α,β-unsaturated/α-hetero) is 1. The molecule has 1 aliphatic heterocycles. The third kappa shape index (κ3) is 6.23. The van der Waals surface area contributed by atoms with Crippen LogP contribution in [0.2, 0.25) is 0 Å². The summed E-state index contributed by atoms with van der Waals surface area (Å²) in [7, 11) is -3.38. The van der Waals surface area contributed by atoms with Crippen molar-refractivity contribution >= 4 is 14.8 Å². The monoisotopic (exact) mass is 567 g/mol. The minimum absolute atomic E-state index is 0.0689. The summed E-state index contributed by atoms with van der Waals surface area (Å²) in [6.07, 6.45) is 7.62. The zero-order valence-electron chi connectivity index (χ0n) is 25.2. The third-order valence-corrected chi connectivity index (χ3v) is 14.4. The number of hydrogen-bond acceptors (Lipinski definition) is 5. The van der Waals surface area contributed by atoms with Crippen molar-refractivity contribution in [1.82, 2.24) is 5.32 Å². The number of hydrogen-bond donors (Lipinski definition) is 1. The van der Waals surface area contributed by atoms with Crippen LogP contribution in [-0.2, 0) is 19.2 Å². The first kappa shape index (κ1) is 30.5. The molecule has 1 saturated carbocycles. The number of nitrogens with one attached hydrogen (secondary N) is 1. The molecule has 0 bridgehead atoms. The lowest BCUT2D eigenvalue weighted by Gasteiger charge is -2.57. The second-order valence-electron chi connectivity index (χ2n) is 12.9. The summed E-state index contributed by atoms with van der Waals surface area (Å²) in [5, 5.41) is 3.62. The van der Waals surface area contributed by atoms with Crippen molar-refractivity contribution in [2.24, 2.45) is 0 Å². The molecule has 0 spiro atoms. The first-order valence-electron chi connectivity index (χ1n) is 14.9. The third-order valence-electron chi connectivity index (χ3n) is 8.85. The summed E-state index contributed by atoms with van der Waals surface area (Å²) in [6, 6.07) is 16.2. The smallest absolute Gasteiger partial charge is 0.163 e. The minimum atomic E-state index is -3.38. The molecule has 1 aliphatic carbocycles. The Labute approximate surface area is 241 Å². The van der Waals surface area contributed by atoms with Gasteiger partial charge in [-0.3, -0.25) is 9.00 Å². The Hall–Kier alpha value is -2.44. The maximum Gasteiger partial charge on any atom is 0.163 e. The van der Waals surface area contributed by atoms with Crippen LogP contribution < -0.4 is 10.1 Å². The number of benzene rings is 2. The van der Waals surface area contributed by atoms with Gasteiger partial charge in [0.15, 0.2) is 5.78 Å². The van der Waals surface area contributed by atoms with Crippen LogP contribution in [0.3, 0.4) is 0 Å². The molecule has 0 radical (unpaired) electrons. The van der Waals surface area contributed by atoms with E-state index < -0.39 is 13.8 Å². The summed E-state index contributed by atoms with van der Waals surface area (Å²) in [4.78, 5) is 13.5. The Balaban J connectivity index is 1.42. The summed E-state index contributed by atoms with van der Waals surface area (Å²) in [5.41, 5.74) is 2.96. The van der Waals surface area contributed by atoms with Crippen LogP contribution in [0.25, 0.3) is 0 Å². The van der Waals surface area contributed by atoms with E-state index in [4.69, 9.17) is 9.47 Å². The van der Waals surface area contributed by atoms with Crippen LogP contribution in [0, 0.1) is 0 Å². The van der Waals surface area contributed by atoms with Gasteiger partial charge >= 0.3 is 0 Å². The summed E-state index contributed by atoms with van der Waals surface area (Å²) in [5.74, 6) is 1.48. The van der Waals surface area contributed by atoms with Gasteiger partial charge in [-0.15, -0.1) is 0 Å². The SMILES string of the molecule is C=C(NC1CC1)C1(S(C)(=O)(CCC)c2ccc(OCCCC(=O)c3ccc(C(C)(C)C)cc3)cc2)CCOCC1. The van der Waals surface area contributed by atoms with Crippen LogP contribution in [0.4, 0.5) is 0 Å². The highest BCUT2D eigenvalue weighted by atomic mass is 32.3. The molecule has 220 valence electrons. The first-order chi connectivity index (χ1) is 18.9. The average Bonchev–Trinajstić information content (AvgIpc) is 3.75. The van der Waals surface area contributed by atoms with Gasteiger partial charge in [-0.25, -0.2) is 0 Å². The van der Waals surface area contributed by atoms with Crippen molar-refractivity contribution in [2.45, 2.75) is 93.7 Å². The summed E-state index contributed by atoms with van der Waals surface area (Å²) in [6.45, 7) is 14.7. The van der Waals surface area contributed by atoms with Crippen LogP contribution >= 0.6 is 0 Å². The molecule has 0 unspecified atom stereocenters. The molecular weight excluding hydrogens is 518 g/mol. The van der Waals surface area contributed by atoms with Gasteiger partial charge in [0.05, 0.1) is 11.4 Å². The van der Waals surface area contributed by atoms with E-state index >= 15 is 4.21 Å². The van der Waals surface area contributed by atoms with Gasteiger partial charge in [-0.05, 0) is 80.0 Å². The first-order valence-corrected chi connectivity index (χ1v) is 17.5. The largest absolute Gasteiger partial charge is 0.494 e. The number of carbonyl (C=O) groups is 1. The van der Waals surface area contributed by atoms with Gasteiger partial charge in [-0.1, -0.05) is 67.6 Å².